The van der Waals surface area contributed by atoms with Gasteiger partial charge in [-0.25, -0.2) is 0 Å². The van der Waals surface area contributed by atoms with Crippen molar-refractivity contribution in [3.63, 3.8) is 0 Å². The van der Waals surface area contributed by atoms with Crippen molar-refractivity contribution >= 4 is 23.3 Å². The average Bonchev–Trinajstić information content (AvgIpc) is 3.34. The first-order valence-electron chi connectivity index (χ1n) is 8.99. The first kappa shape index (κ1) is 18.6. The summed E-state index contributed by atoms with van der Waals surface area (Å²) in [5.74, 6) is -0.282. The molecule has 1 aromatic heterocycles. The number of anilines is 1. The largest absolute Gasteiger partial charge is 0.393 e. The lowest BCUT2D eigenvalue weighted by atomic mass is 9.91. The molecule has 8 N–H and O–H groups in total. The van der Waals surface area contributed by atoms with E-state index >= 15 is 0 Å². The summed E-state index contributed by atoms with van der Waals surface area (Å²) in [6.07, 6.45) is 3.65. The Hall–Kier alpha value is -3.15. The van der Waals surface area contributed by atoms with E-state index in [9.17, 15) is 14.9 Å². The van der Waals surface area contributed by atoms with Gasteiger partial charge in [0, 0.05) is 30.9 Å². The summed E-state index contributed by atoms with van der Waals surface area (Å²) in [5.41, 5.74) is 17.2. The minimum atomic E-state index is -0.846. The Morgan fingerprint density at radius 1 is 1.41 bits per heavy atom. The molecule has 2 atom stereocenters. The number of amides is 2. The molecule has 1 saturated carbocycles. The minimum absolute atomic E-state index is 0.113. The number of hydrogen-bond acceptors (Lipinski definition) is 6. The fourth-order valence-electron chi connectivity index (χ4n) is 3.45. The molecule has 0 bridgehead atoms. The third kappa shape index (κ3) is 3.43. The molecule has 9 heteroatoms. The molecular formula is C18H25N7O2. The van der Waals surface area contributed by atoms with E-state index in [2.05, 4.69) is 23.3 Å². The first-order valence-corrected chi connectivity index (χ1v) is 8.99. The quantitative estimate of drug-likeness (QED) is 0.451. The maximum Gasteiger partial charge on any atom is 0.266 e. The maximum atomic E-state index is 12.7. The monoisotopic (exact) mass is 371 g/mol. The van der Waals surface area contributed by atoms with Gasteiger partial charge in [-0.15, -0.1) is 0 Å². The van der Waals surface area contributed by atoms with Crippen LogP contribution < -0.4 is 22.5 Å². The second-order valence-corrected chi connectivity index (χ2v) is 7.42. The van der Waals surface area contributed by atoms with E-state index in [4.69, 9.17) is 17.2 Å². The lowest BCUT2D eigenvalue weighted by Gasteiger charge is -2.39. The van der Waals surface area contributed by atoms with Crippen LogP contribution in [0.25, 0.3) is 5.70 Å². The van der Waals surface area contributed by atoms with Crippen LogP contribution in [0.1, 0.15) is 31.7 Å². The number of aromatic amines is 1. The number of nitriles is 1. The van der Waals surface area contributed by atoms with Crippen LogP contribution in [0, 0.1) is 22.7 Å². The number of carbonyl (C=O) groups is 2. The molecule has 1 aromatic rings. The summed E-state index contributed by atoms with van der Waals surface area (Å²) in [4.78, 5) is 29.0. The van der Waals surface area contributed by atoms with Crippen molar-refractivity contribution in [2.24, 2.45) is 22.8 Å². The molecule has 0 spiro atoms. The smallest absolute Gasteiger partial charge is 0.266 e. The van der Waals surface area contributed by atoms with Gasteiger partial charge >= 0.3 is 0 Å². The van der Waals surface area contributed by atoms with E-state index in [1.165, 1.54) is 0 Å². The Bertz CT molecular complexity index is 831. The minimum Gasteiger partial charge on any atom is -0.393 e. The van der Waals surface area contributed by atoms with Crippen molar-refractivity contribution in [2.45, 2.75) is 32.2 Å². The number of nitrogens with two attached hydrogens (primary N) is 3. The summed E-state index contributed by atoms with van der Waals surface area (Å²) >= 11 is 0. The summed E-state index contributed by atoms with van der Waals surface area (Å²) in [7, 11) is 0. The molecule has 1 saturated heterocycles. The highest BCUT2D eigenvalue weighted by atomic mass is 16.2. The number of nitrogens with zero attached hydrogens (tertiary/aromatic N) is 2. The number of rotatable bonds is 5. The van der Waals surface area contributed by atoms with Gasteiger partial charge in [0.2, 0.25) is 5.91 Å². The molecule has 1 aliphatic carbocycles. The maximum absolute atomic E-state index is 12.7. The molecule has 1 aliphatic heterocycles. The molecule has 0 radical (unpaired) electrons. The Kier molecular flexibility index (Phi) is 4.74. The second kappa shape index (κ2) is 6.87. The highest BCUT2D eigenvalue weighted by molar-refractivity contribution is 5.99. The van der Waals surface area contributed by atoms with E-state index in [-0.39, 0.29) is 23.6 Å². The normalized spacial score (nSPS) is 24.5. The van der Waals surface area contributed by atoms with Gasteiger partial charge in [0.25, 0.3) is 5.91 Å². The second-order valence-electron chi connectivity index (χ2n) is 7.42. The van der Waals surface area contributed by atoms with Gasteiger partial charge in [0.1, 0.15) is 16.9 Å². The number of nitrogen functional groups attached to an aromatic ring is 1. The molecule has 2 unspecified atom stereocenters. The number of hydrogen-bond donors (Lipinski definition) is 5. The molecule has 9 nitrogen and oxygen atoms in total. The number of H-pyrrole nitrogens is 1. The van der Waals surface area contributed by atoms with Crippen molar-refractivity contribution < 1.29 is 9.59 Å². The predicted octanol–water partition coefficient (Wildman–Crippen LogP) is -0.160. The summed E-state index contributed by atoms with van der Waals surface area (Å²) in [6, 6.07) is 3.71. The average molecular weight is 371 g/mol. The molecule has 27 heavy (non-hydrogen) atoms. The van der Waals surface area contributed by atoms with Gasteiger partial charge < -0.3 is 32.4 Å². The fraction of sp³-hybridized carbons (Fsp3) is 0.500. The van der Waals surface area contributed by atoms with E-state index in [0.29, 0.717) is 43.0 Å². The van der Waals surface area contributed by atoms with Gasteiger partial charge in [-0.3, -0.25) is 9.59 Å². The Morgan fingerprint density at radius 3 is 2.63 bits per heavy atom. The van der Waals surface area contributed by atoms with Crippen LogP contribution in [0.4, 0.5) is 5.82 Å². The number of aromatic nitrogens is 1. The van der Waals surface area contributed by atoms with Crippen molar-refractivity contribution in [1.82, 2.24) is 15.2 Å². The van der Waals surface area contributed by atoms with E-state index in [0.717, 1.165) is 6.42 Å². The number of primary amides is 1. The van der Waals surface area contributed by atoms with Gasteiger partial charge in [-0.2, -0.15) is 5.26 Å². The lowest BCUT2D eigenvalue weighted by Crippen LogP contribution is -2.53. The zero-order chi connectivity index (χ0) is 19.8. The van der Waals surface area contributed by atoms with Gasteiger partial charge in [0.15, 0.2) is 0 Å². The zero-order valence-electron chi connectivity index (χ0n) is 15.3. The van der Waals surface area contributed by atoms with Crippen LogP contribution in [0.2, 0.25) is 0 Å². The highest BCUT2D eigenvalue weighted by Crippen LogP contribution is 2.47. The van der Waals surface area contributed by atoms with E-state index in [1.807, 2.05) is 0 Å². The van der Waals surface area contributed by atoms with Crippen molar-refractivity contribution in [3.8, 4) is 6.07 Å². The Labute approximate surface area is 157 Å². The number of nitrogens with one attached hydrogen (secondary N) is 2. The molecule has 144 valence electrons. The third-order valence-corrected chi connectivity index (χ3v) is 5.53. The fourth-order valence-corrected chi connectivity index (χ4v) is 3.45. The van der Waals surface area contributed by atoms with Crippen molar-refractivity contribution in [2.75, 3.05) is 18.8 Å². The summed E-state index contributed by atoms with van der Waals surface area (Å²) < 4.78 is 0. The van der Waals surface area contributed by atoms with Crippen LogP contribution in [-0.2, 0) is 9.59 Å². The van der Waals surface area contributed by atoms with Crippen molar-refractivity contribution in [1.29, 1.82) is 5.26 Å². The van der Waals surface area contributed by atoms with Crippen LogP contribution in [0.5, 0.6) is 0 Å². The highest BCUT2D eigenvalue weighted by Gasteiger charge is 2.53. The standard InChI is InChI=1S/C18H25N7O2/c1-10-3-7-25(17(27)18(9-19)4-5-18)8-12(10)24-14(13(20)16(22)26)11-2-6-23-15(11)21/h2,6,10,12,23-24H,3-5,7-8,20-21H2,1H3,(H2,22,26)/b14-13+. The van der Waals surface area contributed by atoms with Gasteiger partial charge in [-0.1, -0.05) is 6.92 Å². The molecule has 2 aliphatic rings. The van der Waals surface area contributed by atoms with Crippen LogP contribution in [0.3, 0.4) is 0 Å². The lowest BCUT2D eigenvalue weighted by molar-refractivity contribution is -0.136. The summed E-state index contributed by atoms with van der Waals surface area (Å²) in [6.45, 7) is 3.09. The molecule has 2 fully saturated rings. The molecule has 2 heterocycles. The predicted molar refractivity (Wildman–Crippen MR) is 100 cm³/mol. The van der Waals surface area contributed by atoms with E-state index in [1.54, 1.807) is 17.2 Å². The molecule has 3 rings (SSSR count). The number of piperidine rings is 1. The Balaban J connectivity index is 1.84. The van der Waals surface area contributed by atoms with Gasteiger partial charge in [0.05, 0.1) is 11.8 Å². The van der Waals surface area contributed by atoms with Crippen LogP contribution >= 0.6 is 0 Å². The molecule has 2 amide bonds. The zero-order valence-corrected chi connectivity index (χ0v) is 15.3. The third-order valence-electron chi connectivity index (χ3n) is 5.53. The topological polar surface area (TPSA) is 167 Å². The van der Waals surface area contributed by atoms with Crippen LogP contribution in [-0.4, -0.2) is 40.8 Å². The van der Waals surface area contributed by atoms with Crippen molar-refractivity contribution in [3.05, 3.63) is 23.5 Å². The number of carbonyl (C=O) groups excluding carboxylic acids is 2. The molecular weight excluding hydrogens is 346 g/mol. The number of likely N-dealkylation sites (tertiary alicyclic amines) is 1. The Morgan fingerprint density at radius 2 is 2.11 bits per heavy atom. The van der Waals surface area contributed by atoms with Crippen LogP contribution in [0.15, 0.2) is 18.0 Å². The summed E-state index contributed by atoms with van der Waals surface area (Å²) in [5, 5.41) is 12.6. The first-order chi connectivity index (χ1) is 12.8. The SMILES string of the molecule is CC1CCN(C(=O)C2(C#N)CC2)CC1N/C(=C(/N)C(N)=O)c1cc[nH]c1N. The van der Waals surface area contributed by atoms with Gasteiger partial charge in [-0.05, 0) is 31.2 Å². The molecule has 0 aromatic carbocycles. The van der Waals surface area contributed by atoms with E-state index < -0.39 is 11.3 Å².